The molecule has 0 amide bonds. The molecule has 2 aromatic rings. The van der Waals surface area contributed by atoms with Gasteiger partial charge < -0.3 is 19.5 Å². The number of hydrogen-bond donors (Lipinski definition) is 1. The number of ether oxygens (including phenoxy) is 3. The van der Waals surface area contributed by atoms with Crippen molar-refractivity contribution >= 4 is 40.5 Å². The van der Waals surface area contributed by atoms with Crippen LogP contribution in [0.2, 0.25) is 10.0 Å². The monoisotopic (exact) mass is 438 g/mol. The molecule has 0 atom stereocenters. The molecule has 0 aliphatic carbocycles. The van der Waals surface area contributed by atoms with Gasteiger partial charge in [0.25, 0.3) is 0 Å². The minimum Gasteiger partial charge on any atom is -0.463 e. The van der Waals surface area contributed by atoms with Crippen molar-refractivity contribution in [3.05, 3.63) is 58.1 Å². The molecule has 1 saturated heterocycles. The van der Waals surface area contributed by atoms with Crippen molar-refractivity contribution in [2.75, 3.05) is 51.6 Å². The quantitative estimate of drug-likeness (QED) is 0.469. The second-order valence-corrected chi connectivity index (χ2v) is 7.36. The molecule has 156 valence electrons. The zero-order valence-corrected chi connectivity index (χ0v) is 17.5. The summed E-state index contributed by atoms with van der Waals surface area (Å²) in [7, 11) is 0. The van der Waals surface area contributed by atoms with Crippen LogP contribution in [0.5, 0.6) is 0 Å². The lowest BCUT2D eigenvalue weighted by Gasteiger charge is -2.26. The van der Waals surface area contributed by atoms with E-state index in [2.05, 4.69) is 10.2 Å². The van der Waals surface area contributed by atoms with Gasteiger partial charge in [0.05, 0.1) is 48.7 Å². The second kappa shape index (κ2) is 11.4. The highest BCUT2D eigenvalue weighted by Gasteiger charge is 2.13. The van der Waals surface area contributed by atoms with Crippen molar-refractivity contribution < 1.29 is 19.0 Å². The van der Waals surface area contributed by atoms with Gasteiger partial charge in [0, 0.05) is 18.8 Å². The summed E-state index contributed by atoms with van der Waals surface area (Å²) in [5.41, 5.74) is 2.15. The Kier molecular flexibility index (Phi) is 8.58. The number of hydrogen-bond acceptors (Lipinski definition) is 6. The molecule has 8 heteroatoms. The highest BCUT2D eigenvalue weighted by molar-refractivity contribution is 6.39. The van der Waals surface area contributed by atoms with Crippen LogP contribution in [0.25, 0.3) is 0 Å². The van der Waals surface area contributed by atoms with E-state index in [9.17, 15) is 4.79 Å². The van der Waals surface area contributed by atoms with Gasteiger partial charge in [-0.3, -0.25) is 9.69 Å². The Bertz CT molecular complexity index is 793. The first-order valence-corrected chi connectivity index (χ1v) is 10.2. The number of halogens is 2. The van der Waals surface area contributed by atoms with Gasteiger partial charge in [-0.2, -0.15) is 0 Å². The number of anilines is 2. The van der Waals surface area contributed by atoms with Crippen molar-refractivity contribution in [2.24, 2.45) is 0 Å². The minimum absolute atomic E-state index is 0.134. The van der Waals surface area contributed by atoms with E-state index < -0.39 is 0 Å². The standard InChI is InChI=1S/C21H24Cl2N2O4/c22-17-5-3-6-18(23)21(17)24-19-7-2-1-4-16(19)14-20(26)29-13-12-28-15-25-8-10-27-11-9-25/h1-7,24H,8-15H2. The first-order valence-electron chi connectivity index (χ1n) is 9.46. The molecule has 1 aliphatic heterocycles. The molecule has 0 bridgehead atoms. The van der Waals surface area contributed by atoms with E-state index in [0.717, 1.165) is 37.6 Å². The lowest BCUT2D eigenvalue weighted by molar-refractivity contribution is -0.145. The maximum absolute atomic E-state index is 12.2. The lowest BCUT2D eigenvalue weighted by Crippen LogP contribution is -2.38. The number of nitrogens with zero attached hydrogens (tertiary/aromatic N) is 1. The Hall–Kier alpha value is -1.83. The summed E-state index contributed by atoms with van der Waals surface area (Å²) < 4.78 is 16.1. The van der Waals surface area contributed by atoms with Gasteiger partial charge in [-0.05, 0) is 23.8 Å². The maximum Gasteiger partial charge on any atom is 0.310 e. The van der Waals surface area contributed by atoms with E-state index in [-0.39, 0.29) is 19.0 Å². The van der Waals surface area contributed by atoms with E-state index in [1.165, 1.54) is 0 Å². The third-order valence-corrected chi connectivity index (χ3v) is 5.07. The summed E-state index contributed by atoms with van der Waals surface area (Å²) in [5, 5.41) is 4.23. The van der Waals surface area contributed by atoms with Gasteiger partial charge in [-0.25, -0.2) is 0 Å². The van der Waals surface area contributed by atoms with Gasteiger partial charge in [0.1, 0.15) is 6.61 Å². The number of nitrogens with one attached hydrogen (secondary N) is 1. The molecule has 1 heterocycles. The summed E-state index contributed by atoms with van der Waals surface area (Å²) in [4.78, 5) is 14.4. The summed E-state index contributed by atoms with van der Waals surface area (Å²) >= 11 is 12.5. The fourth-order valence-electron chi connectivity index (χ4n) is 2.89. The Balaban J connectivity index is 1.46. The smallest absolute Gasteiger partial charge is 0.310 e. The van der Waals surface area contributed by atoms with Gasteiger partial charge >= 0.3 is 5.97 Å². The molecule has 1 fully saturated rings. The number of morpholine rings is 1. The summed E-state index contributed by atoms with van der Waals surface area (Å²) in [5.74, 6) is -0.320. The van der Waals surface area contributed by atoms with Crippen LogP contribution in [-0.2, 0) is 25.4 Å². The van der Waals surface area contributed by atoms with Crippen molar-refractivity contribution in [3.8, 4) is 0 Å². The second-order valence-electron chi connectivity index (χ2n) is 6.54. The lowest BCUT2D eigenvalue weighted by atomic mass is 10.1. The van der Waals surface area contributed by atoms with Crippen molar-refractivity contribution in [2.45, 2.75) is 6.42 Å². The molecule has 0 radical (unpaired) electrons. The van der Waals surface area contributed by atoms with Crippen molar-refractivity contribution in [1.29, 1.82) is 0 Å². The van der Waals surface area contributed by atoms with Gasteiger partial charge in [-0.15, -0.1) is 0 Å². The van der Waals surface area contributed by atoms with Crippen LogP contribution in [0.15, 0.2) is 42.5 Å². The van der Waals surface area contributed by atoms with Crippen LogP contribution in [0, 0.1) is 0 Å². The normalized spacial score (nSPS) is 14.6. The predicted octanol–water partition coefficient (Wildman–Crippen LogP) is 4.13. The van der Waals surface area contributed by atoms with E-state index in [1.807, 2.05) is 24.3 Å². The molecular formula is C21H24Cl2N2O4. The average molecular weight is 439 g/mol. The topological polar surface area (TPSA) is 60.0 Å². The first-order chi connectivity index (χ1) is 14.1. The van der Waals surface area contributed by atoms with Gasteiger partial charge in [0.2, 0.25) is 0 Å². The van der Waals surface area contributed by atoms with Crippen LogP contribution in [0.1, 0.15) is 5.56 Å². The third-order valence-electron chi connectivity index (χ3n) is 4.44. The predicted molar refractivity (Wildman–Crippen MR) is 114 cm³/mol. The molecule has 0 saturated carbocycles. The Morgan fingerprint density at radius 2 is 1.76 bits per heavy atom. The summed E-state index contributed by atoms with van der Waals surface area (Å²) in [6.45, 7) is 4.27. The van der Waals surface area contributed by atoms with E-state index in [1.54, 1.807) is 18.2 Å². The molecule has 0 unspecified atom stereocenters. The van der Waals surface area contributed by atoms with Gasteiger partial charge in [0.15, 0.2) is 0 Å². The first kappa shape index (κ1) is 21.9. The number of carbonyl (C=O) groups excluding carboxylic acids is 1. The third kappa shape index (κ3) is 6.87. The van der Waals surface area contributed by atoms with Crippen LogP contribution in [0.4, 0.5) is 11.4 Å². The highest BCUT2D eigenvalue weighted by atomic mass is 35.5. The van der Waals surface area contributed by atoms with E-state index >= 15 is 0 Å². The van der Waals surface area contributed by atoms with E-state index in [0.29, 0.717) is 29.1 Å². The largest absolute Gasteiger partial charge is 0.463 e. The average Bonchev–Trinajstić information content (AvgIpc) is 2.72. The van der Waals surface area contributed by atoms with Crippen molar-refractivity contribution in [3.63, 3.8) is 0 Å². The molecule has 0 spiro atoms. The maximum atomic E-state index is 12.2. The molecule has 3 rings (SSSR count). The fourth-order valence-corrected chi connectivity index (χ4v) is 3.39. The molecule has 6 nitrogen and oxygen atoms in total. The van der Waals surface area contributed by atoms with Crippen LogP contribution < -0.4 is 5.32 Å². The molecular weight excluding hydrogens is 415 g/mol. The number of rotatable bonds is 9. The van der Waals surface area contributed by atoms with Crippen LogP contribution in [0.3, 0.4) is 0 Å². The molecule has 29 heavy (non-hydrogen) atoms. The van der Waals surface area contributed by atoms with E-state index in [4.69, 9.17) is 37.4 Å². The number of benzene rings is 2. The van der Waals surface area contributed by atoms with Crippen molar-refractivity contribution in [1.82, 2.24) is 4.90 Å². The number of esters is 1. The molecule has 0 aromatic heterocycles. The van der Waals surface area contributed by atoms with Crippen LogP contribution >= 0.6 is 23.2 Å². The molecule has 1 aliphatic rings. The SMILES string of the molecule is O=C(Cc1ccccc1Nc1c(Cl)cccc1Cl)OCCOCN1CCOCC1. The van der Waals surface area contributed by atoms with Gasteiger partial charge in [-0.1, -0.05) is 47.5 Å². The summed E-state index contributed by atoms with van der Waals surface area (Å²) in [6.07, 6.45) is 0.134. The zero-order chi connectivity index (χ0) is 20.5. The number of para-hydroxylation sites is 2. The Morgan fingerprint density at radius 3 is 2.52 bits per heavy atom. The Labute approximate surface area is 180 Å². The molecule has 1 N–H and O–H groups in total. The molecule has 2 aromatic carbocycles. The fraction of sp³-hybridized carbons (Fsp3) is 0.381. The minimum atomic E-state index is -0.320. The summed E-state index contributed by atoms with van der Waals surface area (Å²) in [6, 6.07) is 12.8. The van der Waals surface area contributed by atoms with Crippen LogP contribution in [-0.4, -0.2) is 57.1 Å². The number of carbonyl (C=O) groups is 1. The zero-order valence-electron chi connectivity index (χ0n) is 16.0. The highest BCUT2D eigenvalue weighted by Crippen LogP contribution is 2.33. The Morgan fingerprint density at radius 1 is 1.03 bits per heavy atom.